The topological polar surface area (TPSA) is 64.1 Å². The lowest BCUT2D eigenvalue weighted by molar-refractivity contribution is 0.276. The molecule has 0 unspecified atom stereocenters. The SMILES string of the molecule is Cc1cc2nc(Cc3ccc(N)cc3)n(CCO)c2cc1C. The summed E-state index contributed by atoms with van der Waals surface area (Å²) in [4.78, 5) is 4.77. The lowest BCUT2D eigenvalue weighted by Gasteiger charge is -2.08. The van der Waals surface area contributed by atoms with Crippen molar-refractivity contribution in [2.45, 2.75) is 26.8 Å². The quantitative estimate of drug-likeness (QED) is 0.727. The fraction of sp³-hybridized carbons (Fsp3) is 0.278. The molecule has 0 bridgehead atoms. The monoisotopic (exact) mass is 295 g/mol. The van der Waals surface area contributed by atoms with Crippen LogP contribution in [-0.2, 0) is 13.0 Å². The normalized spacial score (nSPS) is 11.2. The molecule has 0 aliphatic rings. The molecule has 0 aliphatic carbocycles. The molecule has 22 heavy (non-hydrogen) atoms. The number of nitrogens with zero attached hydrogens (tertiary/aromatic N) is 2. The number of nitrogen functional groups attached to an aromatic ring is 1. The molecule has 0 fully saturated rings. The van der Waals surface area contributed by atoms with Crippen LogP contribution in [0.2, 0.25) is 0 Å². The first-order chi connectivity index (χ1) is 10.6. The smallest absolute Gasteiger partial charge is 0.114 e. The summed E-state index contributed by atoms with van der Waals surface area (Å²) in [5.74, 6) is 0.971. The number of rotatable bonds is 4. The number of aliphatic hydroxyl groups excluding tert-OH is 1. The van der Waals surface area contributed by atoms with Crippen LogP contribution in [0, 0.1) is 13.8 Å². The van der Waals surface area contributed by atoms with Crippen LogP contribution in [0.3, 0.4) is 0 Å². The molecule has 1 aromatic heterocycles. The number of fused-ring (bicyclic) bond motifs is 1. The van der Waals surface area contributed by atoms with E-state index in [0.29, 0.717) is 6.54 Å². The molecule has 4 heteroatoms. The van der Waals surface area contributed by atoms with Crippen LogP contribution in [0.1, 0.15) is 22.5 Å². The van der Waals surface area contributed by atoms with Crippen LogP contribution in [0.5, 0.6) is 0 Å². The first-order valence-electron chi connectivity index (χ1n) is 7.50. The zero-order valence-electron chi connectivity index (χ0n) is 13.0. The third kappa shape index (κ3) is 2.70. The van der Waals surface area contributed by atoms with Crippen molar-refractivity contribution >= 4 is 16.7 Å². The number of anilines is 1. The molecule has 2 aromatic carbocycles. The highest BCUT2D eigenvalue weighted by Crippen LogP contribution is 2.22. The molecule has 114 valence electrons. The predicted molar refractivity (Wildman–Crippen MR) is 90.0 cm³/mol. The zero-order valence-corrected chi connectivity index (χ0v) is 13.0. The van der Waals surface area contributed by atoms with Gasteiger partial charge in [-0.15, -0.1) is 0 Å². The maximum atomic E-state index is 9.38. The van der Waals surface area contributed by atoms with Crippen molar-refractivity contribution in [3.63, 3.8) is 0 Å². The predicted octanol–water partition coefficient (Wildman–Crippen LogP) is 2.82. The van der Waals surface area contributed by atoms with Crippen molar-refractivity contribution in [2.24, 2.45) is 0 Å². The molecule has 3 rings (SSSR count). The Morgan fingerprint density at radius 1 is 1.09 bits per heavy atom. The Morgan fingerprint density at radius 2 is 1.77 bits per heavy atom. The molecule has 3 aromatic rings. The molecule has 0 spiro atoms. The van der Waals surface area contributed by atoms with Crippen molar-refractivity contribution in [3.05, 3.63) is 58.9 Å². The van der Waals surface area contributed by atoms with Gasteiger partial charge in [0.2, 0.25) is 0 Å². The lowest BCUT2D eigenvalue weighted by Crippen LogP contribution is -2.07. The van der Waals surface area contributed by atoms with Gasteiger partial charge < -0.3 is 15.4 Å². The fourth-order valence-electron chi connectivity index (χ4n) is 2.73. The second-order valence-electron chi connectivity index (χ2n) is 5.75. The number of imidazole rings is 1. The van der Waals surface area contributed by atoms with Crippen LogP contribution >= 0.6 is 0 Å². The molecular weight excluding hydrogens is 274 g/mol. The lowest BCUT2D eigenvalue weighted by atomic mass is 10.1. The summed E-state index contributed by atoms with van der Waals surface area (Å²) in [6.45, 7) is 4.86. The van der Waals surface area contributed by atoms with Crippen LogP contribution in [-0.4, -0.2) is 21.3 Å². The van der Waals surface area contributed by atoms with Gasteiger partial charge in [0.25, 0.3) is 0 Å². The Bertz CT molecular complexity index is 803. The van der Waals surface area contributed by atoms with Gasteiger partial charge in [-0.3, -0.25) is 0 Å². The van der Waals surface area contributed by atoms with Gasteiger partial charge in [0.15, 0.2) is 0 Å². The largest absolute Gasteiger partial charge is 0.399 e. The van der Waals surface area contributed by atoms with E-state index in [4.69, 9.17) is 10.7 Å². The van der Waals surface area contributed by atoms with Crippen LogP contribution in [0.25, 0.3) is 11.0 Å². The number of nitrogens with two attached hydrogens (primary N) is 1. The molecule has 0 radical (unpaired) electrons. The van der Waals surface area contributed by atoms with Crippen LogP contribution < -0.4 is 5.73 Å². The molecule has 0 atom stereocenters. The summed E-state index contributed by atoms with van der Waals surface area (Å²) >= 11 is 0. The van der Waals surface area contributed by atoms with E-state index >= 15 is 0 Å². The molecule has 0 saturated heterocycles. The standard InChI is InChI=1S/C18H21N3O/c1-12-9-16-17(10-13(12)2)21(7-8-22)18(20-16)11-14-3-5-15(19)6-4-14/h3-6,9-10,22H,7-8,11,19H2,1-2H3. The number of aromatic nitrogens is 2. The summed E-state index contributed by atoms with van der Waals surface area (Å²) in [5, 5.41) is 9.38. The number of aliphatic hydroxyl groups is 1. The molecule has 0 amide bonds. The zero-order chi connectivity index (χ0) is 15.7. The van der Waals surface area contributed by atoms with Gasteiger partial charge in [0.1, 0.15) is 5.82 Å². The average Bonchev–Trinajstić information content (AvgIpc) is 2.80. The Kier molecular flexibility index (Phi) is 3.86. The van der Waals surface area contributed by atoms with Crippen molar-refractivity contribution in [2.75, 3.05) is 12.3 Å². The maximum absolute atomic E-state index is 9.38. The van der Waals surface area contributed by atoms with Crippen molar-refractivity contribution in [3.8, 4) is 0 Å². The summed E-state index contributed by atoms with van der Waals surface area (Å²) < 4.78 is 2.11. The summed E-state index contributed by atoms with van der Waals surface area (Å²) in [7, 11) is 0. The second-order valence-corrected chi connectivity index (χ2v) is 5.75. The molecule has 1 heterocycles. The van der Waals surface area contributed by atoms with Gasteiger partial charge in [0, 0.05) is 18.7 Å². The van der Waals surface area contributed by atoms with E-state index in [1.807, 2.05) is 24.3 Å². The maximum Gasteiger partial charge on any atom is 0.114 e. The van der Waals surface area contributed by atoms with Gasteiger partial charge >= 0.3 is 0 Å². The summed E-state index contributed by atoms with van der Waals surface area (Å²) in [6.07, 6.45) is 0.729. The molecule has 3 N–H and O–H groups in total. The summed E-state index contributed by atoms with van der Waals surface area (Å²) in [6, 6.07) is 12.1. The van der Waals surface area contributed by atoms with Crippen LogP contribution in [0.4, 0.5) is 5.69 Å². The molecule has 4 nitrogen and oxygen atoms in total. The second kappa shape index (κ2) is 5.81. The minimum absolute atomic E-state index is 0.104. The van der Waals surface area contributed by atoms with Gasteiger partial charge in [-0.25, -0.2) is 4.98 Å². The molecule has 0 saturated carbocycles. The van der Waals surface area contributed by atoms with Crippen LogP contribution in [0.15, 0.2) is 36.4 Å². The highest BCUT2D eigenvalue weighted by Gasteiger charge is 2.12. The van der Waals surface area contributed by atoms with E-state index in [2.05, 4.69) is 30.5 Å². The van der Waals surface area contributed by atoms with E-state index in [1.165, 1.54) is 11.1 Å². The van der Waals surface area contributed by atoms with Crippen molar-refractivity contribution in [1.29, 1.82) is 0 Å². The Hall–Kier alpha value is -2.33. The van der Waals surface area contributed by atoms with E-state index in [0.717, 1.165) is 34.5 Å². The molecular formula is C18H21N3O. The van der Waals surface area contributed by atoms with Gasteiger partial charge in [-0.05, 0) is 54.8 Å². The third-order valence-electron chi connectivity index (χ3n) is 4.11. The first-order valence-corrected chi connectivity index (χ1v) is 7.50. The highest BCUT2D eigenvalue weighted by atomic mass is 16.3. The first kappa shape index (κ1) is 14.6. The number of hydrogen-bond acceptors (Lipinski definition) is 3. The molecule has 0 aliphatic heterocycles. The minimum atomic E-state index is 0.104. The van der Waals surface area contributed by atoms with Crippen molar-refractivity contribution in [1.82, 2.24) is 9.55 Å². The Morgan fingerprint density at radius 3 is 2.45 bits per heavy atom. The Labute approximate surface area is 130 Å². The fourth-order valence-corrected chi connectivity index (χ4v) is 2.73. The highest BCUT2D eigenvalue weighted by molar-refractivity contribution is 5.78. The van der Waals surface area contributed by atoms with E-state index in [1.54, 1.807) is 0 Å². The van der Waals surface area contributed by atoms with E-state index in [9.17, 15) is 5.11 Å². The summed E-state index contributed by atoms with van der Waals surface area (Å²) in [5.41, 5.74) is 12.2. The van der Waals surface area contributed by atoms with Crippen molar-refractivity contribution < 1.29 is 5.11 Å². The average molecular weight is 295 g/mol. The van der Waals surface area contributed by atoms with Gasteiger partial charge in [0.05, 0.1) is 17.6 Å². The van der Waals surface area contributed by atoms with E-state index < -0.39 is 0 Å². The minimum Gasteiger partial charge on any atom is -0.399 e. The number of aryl methyl sites for hydroxylation is 2. The number of hydrogen-bond donors (Lipinski definition) is 2. The Balaban J connectivity index is 2.07. The number of benzene rings is 2. The van der Waals surface area contributed by atoms with E-state index in [-0.39, 0.29) is 6.61 Å². The third-order valence-corrected chi connectivity index (χ3v) is 4.11. The van der Waals surface area contributed by atoms with Gasteiger partial charge in [-0.1, -0.05) is 12.1 Å². The van der Waals surface area contributed by atoms with Gasteiger partial charge in [-0.2, -0.15) is 0 Å².